The van der Waals surface area contributed by atoms with E-state index in [1.807, 2.05) is 0 Å². The predicted molar refractivity (Wildman–Crippen MR) is 65.8 cm³/mol. The van der Waals surface area contributed by atoms with Gasteiger partial charge in [-0.3, -0.25) is 9.59 Å². The Labute approximate surface area is 108 Å². The topological polar surface area (TPSA) is 52.6 Å². The van der Waals surface area contributed by atoms with Gasteiger partial charge in [0.1, 0.15) is 0 Å². The van der Waals surface area contributed by atoms with Crippen molar-refractivity contribution in [1.29, 1.82) is 0 Å². The molecule has 0 amide bonds. The second-order valence-corrected chi connectivity index (χ2v) is 5.52. The molecule has 0 aromatic rings. The number of ether oxygens (including phenoxy) is 2. The fourth-order valence-electron chi connectivity index (χ4n) is 3.99. The van der Waals surface area contributed by atoms with Crippen molar-refractivity contribution in [2.75, 3.05) is 14.2 Å². The first-order valence-corrected chi connectivity index (χ1v) is 6.82. The lowest BCUT2D eigenvalue weighted by Gasteiger charge is -2.47. The Kier molecular flexibility index (Phi) is 3.93. The molecule has 2 saturated carbocycles. The van der Waals surface area contributed by atoms with Crippen molar-refractivity contribution < 1.29 is 19.1 Å². The molecule has 0 aromatic carbocycles. The molecule has 0 spiro atoms. The maximum atomic E-state index is 12.2. The van der Waals surface area contributed by atoms with Crippen LogP contribution in [0.25, 0.3) is 0 Å². The predicted octanol–water partition coefficient (Wildman–Crippen LogP) is 2.31. The van der Waals surface area contributed by atoms with Crippen LogP contribution in [-0.4, -0.2) is 26.2 Å². The lowest BCUT2D eigenvalue weighted by atomic mass is 9.55. The molecule has 3 unspecified atom stereocenters. The van der Waals surface area contributed by atoms with Gasteiger partial charge >= 0.3 is 11.9 Å². The first kappa shape index (κ1) is 13.4. The summed E-state index contributed by atoms with van der Waals surface area (Å²) in [4.78, 5) is 24.1. The van der Waals surface area contributed by atoms with Crippen molar-refractivity contribution in [3.63, 3.8) is 0 Å². The van der Waals surface area contributed by atoms with Gasteiger partial charge in [0.05, 0.1) is 25.6 Å². The number of hydrogen-bond donors (Lipinski definition) is 0. The molecule has 0 saturated heterocycles. The molecule has 2 aliphatic carbocycles. The van der Waals surface area contributed by atoms with Gasteiger partial charge in [-0.25, -0.2) is 0 Å². The molecule has 3 atom stereocenters. The molecular formula is C14H22O4. The van der Waals surface area contributed by atoms with Gasteiger partial charge in [-0.15, -0.1) is 0 Å². The van der Waals surface area contributed by atoms with Gasteiger partial charge in [0.2, 0.25) is 0 Å². The van der Waals surface area contributed by atoms with E-state index in [-0.39, 0.29) is 23.8 Å². The molecular weight excluding hydrogens is 232 g/mol. The first-order valence-electron chi connectivity index (χ1n) is 6.82. The summed E-state index contributed by atoms with van der Waals surface area (Å²) in [7, 11) is 2.88. The smallest absolute Gasteiger partial charge is 0.312 e. The van der Waals surface area contributed by atoms with Crippen LogP contribution in [0, 0.1) is 17.3 Å². The van der Waals surface area contributed by atoms with Crippen molar-refractivity contribution in [1.82, 2.24) is 0 Å². The molecule has 102 valence electrons. The summed E-state index contributed by atoms with van der Waals surface area (Å²) in [5, 5.41) is 0. The second kappa shape index (κ2) is 5.29. The van der Waals surface area contributed by atoms with Gasteiger partial charge in [0.25, 0.3) is 0 Å². The summed E-state index contributed by atoms with van der Waals surface area (Å²) in [6, 6.07) is 0. The monoisotopic (exact) mass is 254 g/mol. The lowest BCUT2D eigenvalue weighted by molar-refractivity contribution is -0.170. The maximum absolute atomic E-state index is 12.2. The quantitative estimate of drug-likeness (QED) is 0.710. The van der Waals surface area contributed by atoms with Crippen molar-refractivity contribution in [3.05, 3.63) is 0 Å². The van der Waals surface area contributed by atoms with E-state index in [2.05, 4.69) is 0 Å². The number of methoxy groups -OCH3 is 2. The third kappa shape index (κ3) is 2.02. The lowest BCUT2D eigenvalue weighted by Crippen LogP contribution is -2.49. The zero-order chi connectivity index (χ0) is 13.2. The van der Waals surface area contributed by atoms with Gasteiger partial charge < -0.3 is 9.47 Å². The molecule has 0 bridgehead atoms. The third-order valence-electron chi connectivity index (χ3n) is 4.82. The van der Waals surface area contributed by atoms with Crippen LogP contribution in [0.15, 0.2) is 0 Å². The molecule has 0 aromatic heterocycles. The highest BCUT2D eigenvalue weighted by Gasteiger charge is 2.54. The van der Waals surface area contributed by atoms with E-state index < -0.39 is 5.41 Å². The molecule has 0 aliphatic heterocycles. The number of esters is 2. The van der Waals surface area contributed by atoms with Crippen LogP contribution in [0.5, 0.6) is 0 Å². The van der Waals surface area contributed by atoms with E-state index in [1.165, 1.54) is 14.2 Å². The Morgan fingerprint density at radius 1 is 1.00 bits per heavy atom. The molecule has 0 N–H and O–H groups in total. The van der Waals surface area contributed by atoms with Gasteiger partial charge in [-0.05, 0) is 31.6 Å². The summed E-state index contributed by atoms with van der Waals surface area (Å²) in [5.74, 6) is -0.293. The van der Waals surface area contributed by atoms with E-state index in [4.69, 9.17) is 9.47 Å². The van der Waals surface area contributed by atoms with E-state index in [1.54, 1.807) is 0 Å². The Morgan fingerprint density at radius 3 is 2.39 bits per heavy atom. The van der Waals surface area contributed by atoms with Crippen LogP contribution in [-0.2, 0) is 19.1 Å². The average Bonchev–Trinajstić information content (AvgIpc) is 2.44. The molecule has 2 rings (SSSR count). The zero-order valence-electron chi connectivity index (χ0n) is 11.2. The van der Waals surface area contributed by atoms with Crippen LogP contribution >= 0.6 is 0 Å². The number of carbonyl (C=O) groups is 2. The van der Waals surface area contributed by atoms with E-state index in [0.29, 0.717) is 0 Å². The zero-order valence-corrected chi connectivity index (χ0v) is 11.2. The highest BCUT2D eigenvalue weighted by atomic mass is 16.5. The average molecular weight is 254 g/mol. The minimum atomic E-state index is -0.426. The molecule has 4 heteroatoms. The normalized spacial score (nSPS) is 35.4. The highest BCUT2D eigenvalue weighted by molar-refractivity contribution is 5.80. The molecule has 4 nitrogen and oxygen atoms in total. The summed E-state index contributed by atoms with van der Waals surface area (Å²) in [6.45, 7) is 0. The van der Waals surface area contributed by atoms with Crippen LogP contribution in [0.1, 0.15) is 44.9 Å². The second-order valence-electron chi connectivity index (χ2n) is 5.52. The van der Waals surface area contributed by atoms with Crippen LogP contribution in [0.4, 0.5) is 0 Å². The van der Waals surface area contributed by atoms with Crippen molar-refractivity contribution >= 4 is 11.9 Å². The minimum Gasteiger partial charge on any atom is -0.469 e. The van der Waals surface area contributed by atoms with Crippen LogP contribution in [0.3, 0.4) is 0 Å². The van der Waals surface area contributed by atoms with Crippen molar-refractivity contribution in [2.45, 2.75) is 44.9 Å². The number of hydrogen-bond acceptors (Lipinski definition) is 4. The van der Waals surface area contributed by atoms with Gasteiger partial charge in [0, 0.05) is 0 Å². The van der Waals surface area contributed by atoms with Crippen molar-refractivity contribution in [3.8, 4) is 0 Å². The SMILES string of the molecule is COC(=O)C1CCCC2(C(=O)OC)CCCCC12. The van der Waals surface area contributed by atoms with E-state index in [0.717, 1.165) is 44.9 Å². The van der Waals surface area contributed by atoms with Crippen molar-refractivity contribution in [2.24, 2.45) is 17.3 Å². The van der Waals surface area contributed by atoms with Gasteiger partial charge in [-0.2, -0.15) is 0 Å². The summed E-state index contributed by atoms with van der Waals surface area (Å²) in [6.07, 6.45) is 6.56. The fraction of sp³-hybridized carbons (Fsp3) is 0.857. The van der Waals surface area contributed by atoms with Crippen LogP contribution < -0.4 is 0 Å². The highest BCUT2D eigenvalue weighted by Crippen LogP contribution is 2.53. The van der Waals surface area contributed by atoms with Gasteiger partial charge in [-0.1, -0.05) is 19.3 Å². The van der Waals surface area contributed by atoms with E-state index in [9.17, 15) is 9.59 Å². The molecule has 0 heterocycles. The Hall–Kier alpha value is -1.06. The largest absolute Gasteiger partial charge is 0.469 e. The molecule has 2 fully saturated rings. The Balaban J connectivity index is 2.29. The third-order valence-corrected chi connectivity index (χ3v) is 4.82. The molecule has 2 aliphatic rings. The summed E-state index contributed by atoms with van der Waals surface area (Å²) in [5.41, 5.74) is -0.426. The minimum absolute atomic E-state index is 0.111. The van der Waals surface area contributed by atoms with E-state index >= 15 is 0 Å². The molecule has 0 radical (unpaired) electrons. The first-order chi connectivity index (χ1) is 8.65. The van der Waals surface area contributed by atoms with Crippen LogP contribution in [0.2, 0.25) is 0 Å². The number of rotatable bonds is 2. The fourth-order valence-corrected chi connectivity index (χ4v) is 3.99. The number of fused-ring (bicyclic) bond motifs is 1. The summed E-state index contributed by atoms with van der Waals surface area (Å²) >= 11 is 0. The Morgan fingerprint density at radius 2 is 1.72 bits per heavy atom. The Bertz CT molecular complexity index is 335. The standard InChI is InChI=1S/C14H22O4/c1-17-12(15)10-6-5-9-14(13(16)18-2)8-4-3-7-11(10)14/h10-11H,3-9H2,1-2H3. The van der Waals surface area contributed by atoms with Gasteiger partial charge in [0.15, 0.2) is 0 Å². The maximum Gasteiger partial charge on any atom is 0.312 e. The molecule has 18 heavy (non-hydrogen) atoms. The summed E-state index contributed by atoms with van der Waals surface area (Å²) < 4.78 is 9.93. The number of carbonyl (C=O) groups excluding carboxylic acids is 2.